The number of carboxylic acids is 1. The van der Waals surface area contributed by atoms with Crippen molar-refractivity contribution in [3.05, 3.63) is 0 Å². The molecule has 1 rings (SSSR count). The van der Waals surface area contributed by atoms with Crippen LogP contribution >= 0.6 is 0 Å². The van der Waals surface area contributed by atoms with Crippen molar-refractivity contribution in [2.45, 2.75) is 39.0 Å². The largest absolute Gasteiger partial charge is 0.481 e. The molecule has 0 aliphatic carbocycles. The Morgan fingerprint density at radius 3 is 2.52 bits per heavy atom. The highest BCUT2D eigenvalue weighted by molar-refractivity contribution is 5.74. The van der Waals surface area contributed by atoms with Crippen molar-refractivity contribution in [3.8, 4) is 0 Å². The number of carbonyl (C=O) groups is 3. The van der Waals surface area contributed by atoms with E-state index >= 15 is 0 Å². The highest BCUT2D eigenvalue weighted by Gasteiger charge is 2.24. The number of nitrogens with zero attached hydrogens (tertiary/aromatic N) is 1. The van der Waals surface area contributed by atoms with Crippen LogP contribution in [0.1, 0.15) is 39.0 Å². The average Bonchev–Trinajstić information content (AvgIpc) is 2.44. The topological polar surface area (TPSA) is 95.9 Å². The molecule has 7 nitrogen and oxygen atoms in total. The van der Waals surface area contributed by atoms with Gasteiger partial charge in [0.2, 0.25) is 0 Å². The second kappa shape index (κ2) is 9.20. The Bertz CT molecular complexity index is 364. The van der Waals surface area contributed by atoms with Gasteiger partial charge in [0.25, 0.3) is 0 Å². The molecule has 0 aromatic carbocycles. The Hall–Kier alpha value is -1.79. The number of amides is 2. The van der Waals surface area contributed by atoms with Gasteiger partial charge >= 0.3 is 18.0 Å². The molecule has 1 saturated heterocycles. The molecule has 0 radical (unpaired) electrons. The monoisotopic (exact) mass is 300 g/mol. The molecule has 0 aromatic rings. The number of aliphatic carboxylic acids is 1. The number of rotatable bonds is 7. The van der Waals surface area contributed by atoms with Crippen LogP contribution < -0.4 is 5.32 Å². The number of carbonyl (C=O) groups excluding carboxylic acids is 2. The molecule has 2 N–H and O–H groups in total. The summed E-state index contributed by atoms with van der Waals surface area (Å²) >= 11 is 0. The number of esters is 1. The van der Waals surface area contributed by atoms with Crippen LogP contribution in [0.2, 0.25) is 0 Å². The van der Waals surface area contributed by atoms with Crippen molar-refractivity contribution in [3.63, 3.8) is 0 Å². The number of hydrogen-bond acceptors (Lipinski definition) is 4. The van der Waals surface area contributed by atoms with Crippen LogP contribution in [0.25, 0.3) is 0 Å². The summed E-state index contributed by atoms with van der Waals surface area (Å²) in [5.41, 5.74) is 0. The lowest BCUT2D eigenvalue weighted by Gasteiger charge is -2.31. The quantitative estimate of drug-likeness (QED) is 0.544. The molecule has 0 atom stereocenters. The first-order valence-electron chi connectivity index (χ1n) is 7.43. The van der Waals surface area contributed by atoms with Gasteiger partial charge in [0, 0.05) is 32.5 Å². The van der Waals surface area contributed by atoms with E-state index in [1.165, 1.54) is 0 Å². The van der Waals surface area contributed by atoms with Crippen LogP contribution in [0.5, 0.6) is 0 Å². The first-order chi connectivity index (χ1) is 10.0. The Morgan fingerprint density at radius 2 is 1.95 bits per heavy atom. The molecule has 1 heterocycles. The first kappa shape index (κ1) is 17.3. The van der Waals surface area contributed by atoms with Gasteiger partial charge in [-0.25, -0.2) is 4.79 Å². The third-order valence-electron chi connectivity index (χ3n) is 3.51. The van der Waals surface area contributed by atoms with Gasteiger partial charge in [0.05, 0.1) is 6.61 Å². The Kier molecular flexibility index (Phi) is 7.56. The second-order valence-electron chi connectivity index (χ2n) is 5.17. The summed E-state index contributed by atoms with van der Waals surface area (Å²) in [6.07, 6.45) is 2.49. The number of piperidine rings is 1. The standard InChI is InChI=1S/C14H24N2O5/c1-2-21-13(19)10-11-5-8-16(9-6-11)14(20)15-7-3-4-12(17)18/h11H,2-10H2,1H3,(H,15,20)(H,17,18). The Morgan fingerprint density at radius 1 is 1.29 bits per heavy atom. The number of ether oxygens (including phenoxy) is 1. The smallest absolute Gasteiger partial charge is 0.317 e. The zero-order valence-electron chi connectivity index (χ0n) is 12.5. The lowest BCUT2D eigenvalue weighted by Crippen LogP contribution is -2.45. The summed E-state index contributed by atoms with van der Waals surface area (Å²) in [5, 5.41) is 11.2. The minimum absolute atomic E-state index is 0.0574. The first-order valence-corrected chi connectivity index (χ1v) is 7.43. The molecule has 120 valence electrons. The van der Waals surface area contributed by atoms with Crippen molar-refractivity contribution < 1.29 is 24.2 Å². The SMILES string of the molecule is CCOC(=O)CC1CCN(C(=O)NCCCC(=O)O)CC1. The molecule has 0 spiro atoms. The molecule has 0 aromatic heterocycles. The maximum Gasteiger partial charge on any atom is 0.317 e. The molecular formula is C14H24N2O5. The van der Waals surface area contributed by atoms with Crippen LogP contribution in [0, 0.1) is 5.92 Å². The number of likely N-dealkylation sites (tertiary alicyclic amines) is 1. The minimum Gasteiger partial charge on any atom is -0.481 e. The van der Waals surface area contributed by atoms with E-state index in [0.717, 1.165) is 12.8 Å². The van der Waals surface area contributed by atoms with E-state index in [2.05, 4.69) is 5.32 Å². The summed E-state index contributed by atoms with van der Waals surface area (Å²) in [6, 6.07) is -0.157. The van der Waals surface area contributed by atoms with Gasteiger partial charge in [-0.15, -0.1) is 0 Å². The fourth-order valence-electron chi connectivity index (χ4n) is 2.34. The van der Waals surface area contributed by atoms with E-state index < -0.39 is 5.97 Å². The Balaban J connectivity index is 2.18. The lowest BCUT2D eigenvalue weighted by molar-refractivity contribution is -0.144. The molecule has 1 aliphatic heterocycles. The molecule has 1 aliphatic rings. The minimum atomic E-state index is -0.857. The van der Waals surface area contributed by atoms with E-state index in [9.17, 15) is 14.4 Å². The van der Waals surface area contributed by atoms with Crippen molar-refractivity contribution in [2.75, 3.05) is 26.2 Å². The molecule has 0 bridgehead atoms. The summed E-state index contributed by atoms with van der Waals surface area (Å²) in [4.78, 5) is 35.3. The molecule has 0 saturated carbocycles. The zero-order valence-corrected chi connectivity index (χ0v) is 12.5. The maximum atomic E-state index is 11.8. The normalized spacial score (nSPS) is 15.6. The van der Waals surface area contributed by atoms with Crippen LogP contribution in [0.3, 0.4) is 0 Å². The van der Waals surface area contributed by atoms with Gasteiger partial charge in [0.15, 0.2) is 0 Å². The van der Waals surface area contributed by atoms with Crippen LogP contribution in [-0.2, 0) is 14.3 Å². The van der Waals surface area contributed by atoms with Gasteiger partial charge in [0.1, 0.15) is 0 Å². The number of nitrogens with one attached hydrogen (secondary N) is 1. The summed E-state index contributed by atoms with van der Waals surface area (Å²) < 4.78 is 4.92. The molecule has 1 fully saturated rings. The number of urea groups is 1. The van der Waals surface area contributed by atoms with E-state index in [4.69, 9.17) is 9.84 Å². The van der Waals surface area contributed by atoms with Crippen molar-refractivity contribution in [2.24, 2.45) is 5.92 Å². The summed E-state index contributed by atoms with van der Waals surface area (Å²) in [5.74, 6) is -0.752. The average molecular weight is 300 g/mol. The fourth-order valence-corrected chi connectivity index (χ4v) is 2.34. The van der Waals surface area contributed by atoms with E-state index in [1.54, 1.807) is 11.8 Å². The van der Waals surface area contributed by atoms with Gasteiger partial charge in [-0.3, -0.25) is 9.59 Å². The van der Waals surface area contributed by atoms with Gasteiger partial charge in [-0.1, -0.05) is 0 Å². The third kappa shape index (κ3) is 6.97. The zero-order chi connectivity index (χ0) is 15.7. The highest BCUT2D eigenvalue weighted by Crippen LogP contribution is 2.20. The predicted octanol–water partition coefficient (Wildman–Crippen LogP) is 1.23. The molecular weight excluding hydrogens is 276 g/mol. The van der Waals surface area contributed by atoms with Crippen LogP contribution in [-0.4, -0.2) is 54.2 Å². The maximum absolute atomic E-state index is 11.8. The third-order valence-corrected chi connectivity index (χ3v) is 3.51. The Labute approximate surface area is 124 Å². The lowest BCUT2D eigenvalue weighted by atomic mass is 9.94. The summed E-state index contributed by atoms with van der Waals surface area (Å²) in [7, 11) is 0. The van der Waals surface area contributed by atoms with Crippen LogP contribution in [0.15, 0.2) is 0 Å². The number of hydrogen-bond donors (Lipinski definition) is 2. The van der Waals surface area contributed by atoms with Crippen molar-refractivity contribution in [1.29, 1.82) is 0 Å². The van der Waals surface area contributed by atoms with Gasteiger partial charge < -0.3 is 20.1 Å². The van der Waals surface area contributed by atoms with Crippen LogP contribution in [0.4, 0.5) is 4.79 Å². The highest BCUT2D eigenvalue weighted by atomic mass is 16.5. The molecule has 21 heavy (non-hydrogen) atoms. The van der Waals surface area contributed by atoms with Gasteiger partial charge in [-0.05, 0) is 32.1 Å². The van der Waals surface area contributed by atoms with E-state index in [-0.39, 0.29) is 24.3 Å². The molecule has 2 amide bonds. The number of carboxylic acid groups (broad SMARTS) is 1. The molecule has 7 heteroatoms. The molecule has 0 unspecified atom stereocenters. The van der Waals surface area contributed by atoms with E-state index in [0.29, 0.717) is 39.1 Å². The summed E-state index contributed by atoms with van der Waals surface area (Å²) in [6.45, 7) is 3.79. The predicted molar refractivity (Wildman–Crippen MR) is 75.8 cm³/mol. The second-order valence-corrected chi connectivity index (χ2v) is 5.17. The fraction of sp³-hybridized carbons (Fsp3) is 0.786. The van der Waals surface area contributed by atoms with E-state index in [1.807, 2.05) is 0 Å². The van der Waals surface area contributed by atoms with Crippen molar-refractivity contribution >= 4 is 18.0 Å². The van der Waals surface area contributed by atoms with Gasteiger partial charge in [-0.2, -0.15) is 0 Å². The van der Waals surface area contributed by atoms with Crippen molar-refractivity contribution in [1.82, 2.24) is 10.2 Å².